The number of amides is 2. The molecule has 1 heterocycles. The Hall–Kier alpha value is -3.07. The van der Waals surface area contributed by atoms with Gasteiger partial charge in [-0.15, -0.1) is 0 Å². The number of nitrogens with one attached hydrogen (secondary N) is 2. The Kier molecular flexibility index (Phi) is 8.10. The van der Waals surface area contributed by atoms with Crippen LogP contribution in [0.4, 0.5) is 30.2 Å². The summed E-state index contributed by atoms with van der Waals surface area (Å²) in [5.74, 6) is -5.37. The first-order valence-electron chi connectivity index (χ1n) is 10.7. The van der Waals surface area contributed by atoms with Crippen LogP contribution in [-0.2, 0) is 9.59 Å². The summed E-state index contributed by atoms with van der Waals surface area (Å²) in [5, 5.41) is 5.04. The maximum atomic E-state index is 13.8. The van der Waals surface area contributed by atoms with Gasteiger partial charge in [-0.25, -0.2) is 13.2 Å². The molecular formula is C23H27F3N4O2. The minimum atomic E-state index is -1.65. The van der Waals surface area contributed by atoms with Gasteiger partial charge < -0.3 is 15.5 Å². The van der Waals surface area contributed by atoms with Crippen LogP contribution < -0.4 is 15.5 Å². The van der Waals surface area contributed by atoms with E-state index in [0.717, 1.165) is 30.9 Å². The molecule has 0 saturated carbocycles. The standard InChI is InChI=1S/C23H27F3N4O2/c1-2-11-29(15-21(32)28-19-10-9-18(24)22(25)23(19)26)14-20(31)27-16-5-7-17(8-6-16)30-12-3-4-13-30/h5-10H,2-4,11-15H2,1H3,(H,27,31)(H,28,32). The van der Waals surface area contributed by atoms with Crippen molar-refractivity contribution in [3.8, 4) is 0 Å². The van der Waals surface area contributed by atoms with Crippen molar-refractivity contribution in [2.24, 2.45) is 0 Å². The fourth-order valence-electron chi connectivity index (χ4n) is 3.68. The van der Waals surface area contributed by atoms with Crippen LogP contribution in [0.15, 0.2) is 36.4 Å². The lowest BCUT2D eigenvalue weighted by Gasteiger charge is -2.21. The highest BCUT2D eigenvalue weighted by Crippen LogP contribution is 2.22. The molecule has 9 heteroatoms. The van der Waals surface area contributed by atoms with Crippen molar-refractivity contribution in [2.75, 3.05) is 48.3 Å². The topological polar surface area (TPSA) is 64.7 Å². The summed E-state index contributed by atoms with van der Waals surface area (Å²) >= 11 is 0. The van der Waals surface area contributed by atoms with Gasteiger partial charge in [0.25, 0.3) is 0 Å². The van der Waals surface area contributed by atoms with Crippen LogP contribution >= 0.6 is 0 Å². The maximum Gasteiger partial charge on any atom is 0.238 e. The molecule has 0 bridgehead atoms. The van der Waals surface area contributed by atoms with Crippen LogP contribution in [0.25, 0.3) is 0 Å². The molecule has 3 rings (SSSR count). The summed E-state index contributed by atoms with van der Waals surface area (Å²) in [6.07, 6.45) is 3.05. The number of rotatable bonds is 9. The number of hydrogen-bond donors (Lipinski definition) is 2. The fraction of sp³-hybridized carbons (Fsp3) is 0.391. The lowest BCUT2D eigenvalue weighted by atomic mass is 10.2. The monoisotopic (exact) mass is 448 g/mol. The predicted molar refractivity (Wildman–Crippen MR) is 118 cm³/mol. The number of carbonyl (C=O) groups is 2. The van der Waals surface area contributed by atoms with E-state index < -0.39 is 29.0 Å². The molecule has 1 fully saturated rings. The Morgan fingerprint density at radius 3 is 2.16 bits per heavy atom. The van der Waals surface area contributed by atoms with Crippen molar-refractivity contribution >= 4 is 28.9 Å². The van der Waals surface area contributed by atoms with Crippen molar-refractivity contribution in [3.63, 3.8) is 0 Å². The van der Waals surface area contributed by atoms with Gasteiger partial charge in [0.05, 0.1) is 18.8 Å². The first-order chi connectivity index (χ1) is 15.4. The molecule has 172 valence electrons. The van der Waals surface area contributed by atoms with Crippen LogP contribution in [0, 0.1) is 17.5 Å². The zero-order chi connectivity index (χ0) is 23.1. The highest BCUT2D eigenvalue weighted by molar-refractivity contribution is 5.94. The fourth-order valence-corrected chi connectivity index (χ4v) is 3.68. The second kappa shape index (κ2) is 11.0. The highest BCUT2D eigenvalue weighted by Gasteiger charge is 2.18. The molecule has 0 atom stereocenters. The van der Waals surface area contributed by atoms with Gasteiger partial charge in [-0.2, -0.15) is 0 Å². The summed E-state index contributed by atoms with van der Waals surface area (Å²) in [6, 6.07) is 9.31. The third kappa shape index (κ3) is 6.23. The zero-order valence-electron chi connectivity index (χ0n) is 18.0. The summed E-state index contributed by atoms with van der Waals surface area (Å²) in [6.45, 7) is 4.18. The number of nitrogens with zero attached hydrogens (tertiary/aromatic N) is 2. The highest BCUT2D eigenvalue weighted by atomic mass is 19.2. The predicted octanol–water partition coefficient (Wildman–Crippen LogP) is 3.99. The third-order valence-electron chi connectivity index (χ3n) is 5.21. The molecule has 2 amide bonds. The van der Waals surface area contributed by atoms with Crippen molar-refractivity contribution < 1.29 is 22.8 Å². The Bertz CT molecular complexity index is 947. The first kappa shape index (κ1) is 23.6. The van der Waals surface area contributed by atoms with E-state index in [9.17, 15) is 22.8 Å². The van der Waals surface area contributed by atoms with Crippen LogP contribution in [0.2, 0.25) is 0 Å². The molecule has 0 unspecified atom stereocenters. The van der Waals surface area contributed by atoms with E-state index in [-0.39, 0.29) is 19.0 Å². The third-order valence-corrected chi connectivity index (χ3v) is 5.21. The van der Waals surface area contributed by atoms with Gasteiger partial charge in [0.1, 0.15) is 0 Å². The molecule has 0 radical (unpaired) electrons. The Morgan fingerprint density at radius 2 is 1.53 bits per heavy atom. The van der Waals surface area contributed by atoms with Crippen LogP contribution in [0.5, 0.6) is 0 Å². The molecule has 1 saturated heterocycles. The van der Waals surface area contributed by atoms with Gasteiger partial charge in [-0.05, 0) is 62.2 Å². The molecule has 0 spiro atoms. The second-order valence-electron chi connectivity index (χ2n) is 7.77. The molecule has 0 aromatic heterocycles. The summed E-state index contributed by atoms with van der Waals surface area (Å²) in [5.41, 5.74) is 1.32. The van der Waals surface area contributed by atoms with E-state index in [4.69, 9.17) is 0 Å². The molecule has 2 N–H and O–H groups in total. The number of halogens is 3. The molecule has 32 heavy (non-hydrogen) atoms. The van der Waals surface area contributed by atoms with E-state index in [1.54, 1.807) is 4.90 Å². The summed E-state index contributed by atoms with van der Waals surface area (Å²) in [7, 11) is 0. The quantitative estimate of drug-likeness (QED) is 0.570. The van der Waals surface area contributed by atoms with Crippen molar-refractivity contribution in [3.05, 3.63) is 53.8 Å². The first-order valence-corrected chi connectivity index (χ1v) is 10.7. The lowest BCUT2D eigenvalue weighted by Crippen LogP contribution is -2.39. The van der Waals surface area contributed by atoms with Crippen molar-refractivity contribution in [1.29, 1.82) is 0 Å². The minimum Gasteiger partial charge on any atom is -0.372 e. The Labute approximate surface area is 185 Å². The van der Waals surface area contributed by atoms with E-state index in [0.29, 0.717) is 18.7 Å². The van der Waals surface area contributed by atoms with Crippen molar-refractivity contribution in [2.45, 2.75) is 26.2 Å². The summed E-state index contributed by atoms with van der Waals surface area (Å²) < 4.78 is 40.2. The maximum absolute atomic E-state index is 13.8. The second-order valence-corrected chi connectivity index (χ2v) is 7.77. The van der Waals surface area contributed by atoms with Crippen molar-refractivity contribution in [1.82, 2.24) is 4.90 Å². The van der Waals surface area contributed by atoms with Crippen LogP contribution in [0.3, 0.4) is 0 Å². The van der Waals surface area contributed by atoms with E-state index in [1.807, 2.05) is 31.2 Å². The Morgan fingerprint density at radius 1 is 0.906 bits per heavy atom. The number of carbonyl (C=O) groups excluding carboxylic acids is 2. The van der Waals surface area contributed by atoms with Gasteiger partial charge in [0, 0.05) is 24.5 Å². The number of anilines is 3. The average Bonchev–Trinajstić information content (AvgIpc) is 3.30. The van der Waals surface area contributed by atoms with E-state index >= 15 is 0 Å². The molecule has 6 nitrogen and oxygen atoms in total. The molecule has 2 aromatic rings. The van der Waals surface area contributed by atoms with Gasteiger partial charge in [-0.3, -0.25) is 14.5 Å². The minimum absolute atomic E-state index is 0.0462. The average molecular weight is 448 g/mol. The van der Waals surface area contributed by atoms with Crippen LogP contribution in [-0.4, -0.2) is 49.4 Å². The molecule has 0 aliphatic carbocycles. The van der Waals surface area contributed by atoms with E-state index in [1.165, 1.54) is 12.8 Å². The number of benzene rings is 2. The van der Waals surface area contributed by atoms with Crippen LogP contribution in [0.1, 0.15) is 26.2 Å². The summed E-state index contributed by atoms with van der Waals surface area (Å²) in [4.78, 5) is 28.6. The number of hydrogen-bond acceptors (Lipinski definition) is 4. The van der Waals surface area contributed by atoms with Gasteiger partial charge >= 0.3 is 0 Å². The zero-order valence-corrected chi connectivity index (χ0v) is 18.0. The molecule has 1 aliphatic heterocycles. The van der Waals surface area contributed by atoms with Gasteiger partial charge in [0.15, 0.2) is 17.5 Å². The largest absolute Gasteiger partial charge is 0.372 e. The lowest BCUT2D eigenvalue weighted by molar-refractivity contribution is -0.120. The van der Waals surface area contributed by atoms with Gasteiger partial charge in [-0.1, -0.05) is 6.92 Å². The smallest absolute Gasteiger partial charge is 0.238 e. The molecule has 1 aliphatic rings. The molecular weight excluding hydrogens is 421 g/mol. The van der Waals surface area contributed by atoms with E-state index in [2.05, 4.69) is 15.5 Å². The Balaban J connectivity index is 1.54. The normalized spacial score (nSPS) is 13.5. The van der Waals surface area contributed by atoms with Gasteiger partial charge in [0.2, 0.25) is 11.8 Å². The SMILES string of the molecule is CCCN(CC(=O)Nc1ccc(N2CCCC2)cc1)CC(=O)Nc1ccc(F)c(F)c1F. The molecule has 2 aromatic carbocycles.